The van der Waals surface area contributed by atoms with Crippen molar-refractivity contribution in [1.82, 2.24) is 30.4 Å². The maximum atomic E-state index is 6.60. The van der Waals surface area contributed by atoms with Gasteiger partial charge in [-0.05, 0) is 32.2 Å². The molecule has 0 bridgehead atoms. The lowest BCUT2D eigenvalue weighted by Crippen LogP contribution is -2.64. The van der Waals surface area contributed by atoms with Gasteiger partial charge in [0.05, 0.1) is 17.6 Å². The van der Waals surface area contributed by atoms with E-state index in [1.165, 1.54) is 0 Å². The van der Waals surface area contributed by atoms with E-state index in [-0.39, 0.29) is 0 Å². The number of para-hydroxylation sites is 2. The van der Waals surface area contributed by atoms with Gasteiger partial charge in [0.1, 0.15) is 5.84 Å². The number of nitrogens with two attached hydrogens (primary N) is 1. The fourth-order valence-electron chi connectivity index (χ4n) is 3.55. The maximum Gasteiger partial charge on any atom is 0.223 e. The summed E-state index contributed by atoms with van der Waals surface area (Å²) in [5, 5.41) is 6.58. The molecule has 2 aromatic rings. The van der Waals surface area contributed by atoms with Gasteiger partial charge >= 0.3 is 0 Å². The number of likely N-dealkylation sites (N-methyl/N-ethyl adjacent to an activating group) is 1. The lowest BCUT2D eigenvalue weighted by atomic mass is 10.2. The monoisotopic (exact) mass is 368 g/mol. The summed E-state index contributed by atoms with van der Waals surface area (Å²) in [4.78, 5) is 17.5. The number of imidazole rings is 1. The zero-order chi connectivity index (χ0) is 18.9. The van der Waals surface area contributed by atoms with E-state index < -0.39 is 5.79 Å². The van der Waals surface area contributed by atoms with E-state index in [1.54, 1.807) is 0 Å². The molecule has 8 nitrogen and oxygen atoms in total. The van der Waals surface area contributed by atoms with E-state index in [9.17, 15) is 0 Å². The van der Waals surface area contributed by atoms with Gasteiger partial charge in [0.2, 0.25) is 5.79 Å². The van der Waals surface area contributed by atoms with E-state index in [0.29, 0.717) is 5.82 Å². The molecule has 1 aromatic carbocycles. The van der Waals surface area contributed by atoms with Gasteiger partial charge in [-0.3, -0.25) is 15.6 Å². The van der Waals surface area contributed by atoms with Crippen LogP contribution in [0.15, 0.2) is 41.0 Å². The van der Waals surface area contributed by atoms with Crippen molar-refractivity contribution >= 4 is 16.9 Å². The maximum absolute atomic E-state index is 6.60. The predicted octanol–water partition coefficient (Wildman–Crippen LogP) is 0.374. The molecule has 1 unspecified atom stereocenters. The minimum absolute atomic E-state index is 0.642. The van der Waals surface area contributed by atoms with Crippen LogP contribution >= 0.6 is 0 Å². The number of aliphatic imine (C=N–C) groups is 1. The van der Waals surface area contributed by atoms with Crippen LogP contribution in [0.4, 0.5) is 0 Å². The topological polar surface area (TPSA) is 97.6 Å². The number of piperazine rings is 1. The summed E-state index contributed by atoms with van der Waals surface area (Å²) in [6.45, 7) is 8.14. The third-order valence-corrected chi connectivity index (χ3v) is 5.13. The Labute approximate surface area is 159 Å². The van der Waals surface area contributed by atoms with Gasteiger partial charge in [0.25, 0.3) is 0 Å². The molecule has 0 radical (unpaired) electrons. The number of fused-ring (bicyclic) bond motifs is 1. The standard InChI is InChI=1S/C19H28N8/c1-14-13-17(21-7-8-27-11-9-26(2)10-12-27)25-19(20,24-14)18-22-15-5-3-4-6-16(15)23-18/h3-6,13,24H,7-12,20H2,1-2H3,(H,21,25)(H,22,23). The lowest BCUT2D eigenvalue weighted by molar-refractivity contribution is 0.157. The fraction of sp³-hybridized carbons (Fsp3) is 0.474. The third-order valence-electron chi connectivity index (χ3n) is 5.13. The van der Waals surface area contributed by atoms with Gasteiger partial charge in [-0.15, -0.1) is 0 Å². The highest BCUT2D eigenvalue weighted by molar-refractivity contribution is 5.95. The van der Waals surface area contributed by atoms with Gasteiger partial charge < -0.3 is 20.5 Å². The minimum atomic E-state index is -1.01. The molecule has 4 rings (SSSR count). The Kier molecular flexibility index (Phi) is 4.86. The molecule has 3 heterocycles. The smallest absolute Gasteiger partial charge is 0.223 e. The number of hydrogen-bond donors (Lipinski definition) is 4. The molecule has 27 heavy (non-hydrogen) atoms. The molecular formula is C19H28N8. The van der Waals surface area contributed by atoms with Gasteiger partial charge in [-0.1, -0.05) is 12.1 Å². The van der Waals surface area contributed by atoms with E-state index in [4.69, 9.17) is 10.7 Å². The molecule has 0 aliphatic carbocycles. The highest BCUT2D eigenvalue weighted by atomic mass is 15.4. The van der Waals surface area contributed by atoms with Gasteiger partial charge in [-0.2, -0.15) is 0 Å². The number of H-pyrrole nitrogens is 1. The van der Waals surface area contributed by atoms with Crippen LogP contribution in [0, 0.1) is 0 Å². The van der Waals surface area contributed by atoms with Crippen molar-refractivity contribution in [2.24, 2.45) is 10.7 Å². The second-order valence-corrected chi connectivity index (χ2v) is 7.40. The zero-order valence-electron chi connectivity index (χ0n) is 16.0. The van der Waals surface area contributed by atoms with E-state index in [1.807, 2.05) is 37.3 Å². The summed E-state index contributed by atoms with van der Waals surface area (Å²) in [7, 11) is 2.17. The average Bonchev–Trinajstić information content (AvgIpc) is 3.08. The van der Waals surface area contributed by atoms with Gasteiger partial charge in [0, 0.05) is 38.4 Å². The number of benzene rings is 1. The van der Waals surface area contributed by atoms with Crippen molar-refractivity contribution in [2.75, 3.05) is 46.3 Å². The number of rotatable bonds is 4. The Bertz CT molecular complexity index is 828. The summed E-state index contributed by atoms with van der Waals surface area (Å²) in [5.41, 5.74) is 9.41. The molecule has 0 saturated carbocycles. The molecule has 0 spiro atoms. The van der Waals surface area contributed by atoms with E-state index in [0.717, 1.165) is 61.8 Å². The first-order valence-corrected chi connectivity index (χ1v) is 9.46. The first-order valence-electron chi connectivity index (χ1n) is 9.46. The molecule has 144 valence electrons. The molecule has 8 heteroatoms. The van der Waals surface area contributed by atoms with Crippen LogP contribution in [0.3, 0.4) is 0 Å². The predicted molar refractivity (Wildman–Crippen MR) is 108 cm³/mol. The Morgan fingerprint density at radius 3 is 2.74 bits per heavy atom. The summed E-state index contributed by atoms with van der Waals surface area (Å²) in [6, 6.07) is 7.90. The Hall–Kier alpha value is -2.42. The fourth-order valence-corrected chi connectivity index (χ4v) is 3.55. The first-order chi connectivity index (χ1) is 13.0. The molecule has 0 amide bonds. The number of nitrogens with one attached hydrogen (secondary N) is 3. The Morgan fingerprint density at radius 1 is 1.19 bits per heavy atom. The number of hydrogen-bond acceptors (Lipinski definition) is 6. The number of aromatic amines is 1. The van der Waals surface area contributed by atoms with E-state index >= 15 is 0 Å². The largest absolute Gasteiger partial charge is 0.348 e. The van der Waals surface area contributed by atoms with Gasteiger partial charge in [-0.25, -0.2) is 4.98 Å². The van der Waals surface area contributed by atoms with Crippen molar-refractivity contribution in [3.8, 4) is 0 Å². The summed E-state index contributed by atoms with van der Waals surface area (Å²) in [5.74, 6) is 0.413. The van der Waals surface area contributed by atoms with Crippen molar-refractivity contribution in [1.29, 1.82) is 0 Å². The normalized spacial score (nSPS) is 26.0. The van der Waals surface area contributed by atoms with Crippen LogP contribution in [-0.4, -0.2) is 71.9 Å². The number of nitrogens with zero attached hydrogens (tertiary/aromatic N) is 4. The highest BCUT2D eigenvalue weighted by Gasteiger charge is 2.34. The van der Waals surface area contributed by atoms with Crippen LogP contribution in [0.5, 0.6) is 0 Å². The van der Waals surface area contributed by atoms with Crippen molar-refractivity contribution in [3.63, 3.8) is 0 Å². The molecule has 1 fully saturated rings. The Morgan fingerprint density at radius 2 is 1.96 bits per heavy atom. The quantitative estimate of drug-likeness (QED) is 0.623. The second kappa shape index (κ2) is 7.30. The summed E-state index contributed by atoms with van der Waals surface area (Å²) < 4.78 is 0. The molecule has 1 aromatic heterocycles. The number of amidine groups is 1. The van der Waals surface area contributed by atoms with Gasteiger partial charge in [0.15, 0.2) is 5.82 Å². The van der Waals surface area contributed by atoms with Crippen LogP contribution in [0.25, 0.3) is 11.0 Å². The van der Waals surface area contributed by atoms with Crippen LogP contribution in [0.1, 0.15) is 12.7 Å². The van der Waals surface area contributed by atoms with E-state index in [2.05, 4.69) is 37.4 Å². The number of aromatic nitrogens is 2. The molecule has 5 N–H and O–H groups in total. The second-order valence-electron chi connectivity index (χ2n) is 7.40. The first kappa shape index (κ1) is 18.0. The number of allylic oxidation sites excluding steroid dienone is 1. The van der Waals surface area contributed by atoms with Crippen LogP contribution < -0.4 is 16.4 Å². The molecule has 2 aliphatic rings. The van der Waals surface area contributed by atoms with Crippen molar-refractivity contribution < 1.29 is 0 Å². The zero-order valence-corrected chi connectivity index (χ0v) is 16.0. The summed E-state index contributed by atoms with van der Waals surface area (Å²) >= 11 is 0. The molecule has 1 atom stereocenters. The van der Waals surface area contributed by atoms with Crippen LogP contribution in [0.2, 0.25) is 0 Å². The molecule has 2 aliphatic heterocycles. The Balaban J connectivity index is 1.46. The van der Waals surface area contributed by atoms with Crippen LogP contribution in [-0.2, 0) is 5.79 Å². The molecular weight excluding hydrogens is 340 g/mol. The SMILES string of the molecule is CC1=CC(=NCCN2CCN(C)CC2)NC(N)(c2nc3ccccc3[nH]2)N1. The van der Waals surface area contributed by atoms with Crippen molar-refractivity contribution in [3.05, 3.63) is 41.9 Å². The molecule has 1 saturated heterocycles. The summed E-state index contributed by atoms with van der Waals surface area (Å²) in [6.07, 6.45) is 1.98. The minimum Gasteiger partial charge on any atom is -0.348 e. The van der Waals surface area contributed by atoms with Crippen molar-refractivity contribution in [2.45, 2.75) is 12.7 Å². The highest BCUT2D eigenvalue weighted by Crippen LogP contribution is 2.19. The average molecular weight is 368 g/mol. The third kappa shape index (κ3) is 3.97. The lowest BCUT2D eigenvalue weighted by Gasteiger charge is -2.35.